The maximum atomic E-state index is 14.4. The zero-order chi connectivity index (χ0) is 19.6. The lowest BCUT2D eigenvalue weighted by molar-refractivity contribution is 0.374. The van der Waals surface area contributed by atoms with E-state index in [0.29, 0.717) is 17.0 Å². The monoisotopic (exact) mass is 372 g/mol. The first kappa shape index (κ1) is 19.2. The van der Waals surface area contributed by atoms with Crippen molar-refractivity contribution < 1.29 is 17.6 Å². The minimum absolute atomic E-state index is 0.0965. The molecule has 140 valence electrons. The highest BCUT2D eigenvalue weighted by atomic mass is 19.1. The van der Waals surface area contributed by atoms with Crippen molar-refractivity contribution in [1.82, 2.24) is 0 Å². The Bertz CT molecular complexity index is 879. The fourth-order valence-corrected chi connectivity index (χ4v) is 3.58. The molecular formula is C23H20F4. The smallest absolute Gasteiger partial charge is 0.142 e. The number of aryl methyl sites for hydroxylation is 1. The lowest BCUT2D eigenvalue weighted by Crippen LogP contribution is -2.12. The van der Waals surface area contributed by atoms with Gasteiger partial charge in [-0.2, -0.15) is 0 Å². The van der Waals surface area contributed by atoms with Gasteiger partial charge < -0.3 is 0 Å². The van der Waals surface area contributed by atoms with Crippen molar-refractivity contribution in [2.45, 2.75) is 38.5 Å². The number of hydrogen-bond donors (Lipinski definition) is 0. The summed E-state index contributed by atoms with van der Waals surface area (Å²) in [6, 6.07) is 4.83. The molecule has 0 nitrogen and oxygen atoms in total. The lowest BCUT2D eigenvalue weighted by Gasteiger charge is -2.27. The van der Waals surface area contributed by atoms with Crippen LogP contribution >= 0.6 is 0 Å². The van der Waals surface area contributed by atoms with Crippen LogP contribution in [0.3, 0.4) is 0 Å². The van der Waals surface area contributed by atoms with E-state index in [0.717, 1.165) is 37.8 Å². The Hall–Kier alpha value is -2.54. The van der Waals surface area contributed by atoms with E-state index >= 15 is 0 Å². The van der Waals surface area contributed by atoms with Crippen molar-refractivity contribution in [2.24, 2.45) is 5.92 Å². The largest absolute Gasteiger partial charge is 0.206 e. The van der Waals surface area contributed by atoms with Crippen LogP contribution in [0.15, 0.2) is 36.9 Å². The fraction of sp³-hybridized carbons (Fsp3) is 0.304. The molecule has 0 atom stereocenters. The molecule has 1 saturated carbocycles. The fourth-order valence-electron chi connectivity index (χ4n) is 3.58. The molecule has 1 aliphatic carbocycles. The lowest BCUT2D eigenvalue weighted by atomic mass is 9.78. The third-order valence-electron chi connectivity index (χ3n) is 5.14. The summed E-state index contributed by atoms with van der Waals surface area (Å²) in [5.41, 5.74) is 0.0401. The number of hydrogen-bond acceptors (Lipinski definition) is 0. The molecule has 3 rings (SSSR count). The van der Waals surface area contributed by atoms with Gasteiger partial charge in [-0.3, -0.25) is 0 Å². The van der Waals surface area contributed by atoms with Crippen molar-refractivity contribution in [3.05, 3.63) is 82.4 Å². The van der Waals surface area contributed by atoms with Gasteiger partial charge in [-0.25, -0.2) is 17.6 Å². The number of benzene rings is 2. The summed E-state index contributed by atoms with van der Waals surface area (Å²) < 4.78 is 56.6. The van der Waals surface area contributed by atoms with E-state index in [9.17, 15) is 17.6 Å². The molecule has 2 aromatic rings. The highest BCUT2D eigenvalue weighted by Gasteiger charge is 2.22. The zero-order valence-corrected chi connectivity index (χ0v) is 15.1. The van der Waals surface area contributed by atoms with Crippen LogP contribution in [-0.2, 0) is 0 Å². The number of rotatable bonds is 2. The SMILES string of the molecule is C=CC1CCC(c2cc(F)c(C#Cc3c(F)cc(C)cc3F)c(F)c2)CC1. The van der Waals surface area contributed by atoms with Crippen molar-refractivity contribution in [3.8, 4) is 11.8 Å². The van der Waals surface area contributed by atoms with Gasteiger partial charge in [0.1, 0.15) is 23.3 Å². The average molecular weight is 372 g/mol. The van der Waals surface area contributed by atoms with E-state index in [-0.39, 0.29) is 5.92 Å². The minimum Gasteiger partial charge on any atom is -0.206 e. The Balaban J connectivity index is 1.88. The van der Waals surface area contributed by atoms with Gasteiger partial charge in [0.2, 0.25) is 0 Å². The summed E-state index contributed by atoms with van der Waals surface area (Å²) >= 11 is 0. The summed E-state index contributed by atoms with van der Waals surface area (Å²) in [4.78, 5) is 0. The maximum Gasteiger partial charge on any atom is 0.142 e. The van der Waals surface area contributed by atoms with E-state index < -0.39 is 34.4 Å². The molecular weight excluding hydrogens is 352 g/mol. The molecule has 0 N–H and O–H groups in total. The first-order valence-electron chi connectivity index (χ1n) is 8.98. The molecule has 0 saturated heterocycles. The predicted octanol–water partition coefficient (Wildman–Crippen LogP) is 6.41. The second kappa shape index (κ2) is 8.00. The molecule has 0 aromatic heterocycles. The van der Waals surface area contributed by atoms with Gasteiger partial charge in [0, 0.05) is 0 Å². The topological polar surface area (TPSA) is 0 Å². The minimum atomic E-state index is -0.851. The normalized spacial score (nSPS) is 19.3. The Morgan fingerprint density at radius 2 is 1.26 bits per heavy atom. The van der Waals surface area contributed by atoms with Crippen LogP contribution in [0.5, 0.6) is 0 Å². The second-order valence-electron chi connectivity index (χ2n) is 7.06. The molecule has 1 fully saturated rings. The summed E-state index contributed by atoms with van der Waals surface area (Å²) in [6.07, 6.45) is 5.52. The predicted molar refractivity (Wildman–Crippen MR) is 98.3 cm³/mol. The van der Waals surface area contributed by atoms with Gasteiger partial charge in [0.05, 0.1) is 11.1 Å². The standard InChI is InChI=1S/C23H20F4/c1-3-15-4-6-16(7-5-15)17-12-22(26)19(23(27)13-17)9-8-18-20(24)10-14(2)11-21(18)25/h3,10-13,15-16H,1,4-7H2,2H3. The van der Waals surface area contributed by atoms with Crippen LogP contribution in [0.1, 0.15) is 53.9 Å². The molecule has 0 aliphatic heterocycles. The molecule has 0 unspecified atom stereocenters. The summed E-state index contributed by atoms with van der Waals surface area (Å²) in [6.45, 7) is 5.34. The maximum absolute atomic E-state index is 14.4. The third kappa shape index (κ3) is 4.24. The molecule has 2 aromatic carbocycles. The Morgan fingerprint density at radius 3 is 1.70 bits per heavy atom. The highest BCUT2D eigenvalue weighted by Crippen LogP contribution is 2.37. The van der Waals surface area contributed by atoms with Crippen LogP contribution in [0.4, 0.5) is 17.6 Å². The van der Waals surface area contributed by atoms with Crippen LogP contribution in [0.2, 0.25) is 0 Å². The Labute approximate surface area is 156 Å². The summed E-state index contributed by atoms with van der Waals surface area (Å²) in [5, 5.41) is 0. The van der Waals surface area contributed by atoms with Crippen LogP contribution in [0, 0.1) is 48.0 Å². The van der Waals surface area contributed by atoms with Gasteiger partial charge in [-0.05, 0) is 79.8 Å². The first-order chi connectivity index (χ1) is 12.9. The van der Waals surface area contributed by atoms with Gasteiger partial charge in [0.25, 0.3) is 0 Å². The van der Waals surface area contributed by atoms with Crippen LogP contribution in [-0.4, -0.2) is 0 Å². The van der Waals surface area contributed by atoms with Gasteiger partial charge in [-0.15, -0.1) is 6.58 Å². The zero-order valence-electron chi connectivity index (χ0n) is 15.1. The quantitative estimate of drug-likeness (QED) is 0.325. The van der Waals surface area contributed by atoms with Crippen molar-refractivity contribution in [2.75, 3.05) is 0 Å². The van der Waals surface area contributed by atoms with Crippen molar-refractivity contribution in [1.29, 1.82) is 0 Å². The molecule has 0 bridgehead atoms. The highest BCUT2D eigenvalue weighted by molar-refractivity contribution is 5.47. The van der Waals surface area contributed by atoms with Crippen LogP contribution < -0.4 is 0 Å². The van der Waals surface area contributed by atoms with Gasteiger partial charge in [-0.1, -0.05) is 17.9 Å². The number of halogens is 4. The van der Waals surface area contributed by atoms with E-state index in [1.807, 2.05) is 6.08 Å². The Kier molecular flexibility index (Phi) is 5.70. The molecule has 0 spiro atoms. The van der Waals surface area contributed by atoms with Crippen molar-refractivity contribution >= 4 is 0 Å². The van der Waals surface area contributed by atoms with E-state index in [1.165, 1.54) is 12.1 Å². The van der Waals surface area contributed by atoms with E-state index in [1.54, 1.807) is 6.92 Å². The molecule has 1 aliphatic rings. The Morgan fingerprint density at radius 1 is 0.815 bits per heavy atom. The van der Waals surface area contributed by atoms with Gasteiger partial charge >= 0.3 is 0 Å². The molecule has 27 heavy (non-hydrogen) atoms. The van der Waals surface area contributed by atoms with E-state index in [4.69, 9.17) is 0 Å². The summed E-state index contributed by atoms with van der Waals surface area (Å²) in [5.74, 6) is 1.72. The van der Waals surface area contributed by atoms with Crippen LogP contribution in [0.25, 0.3) is 0 Å². The van der Waals surface area contributed by atoms with Crippen molar-refractivity contribution in [3.63, 3.8) is 0 Å². The average Bonchev–Trinajstić information content (AvgIpc) is 2.62. The number of allylic oxidation sites excluding steroid dienone is 1. The molecule has 0 heterocycles. The molecule has 0 radical (unpaired) electrons. The van der Waals surface area contributed by atoms with Gasteiger partial charge in [0.15, 0.2) is 0 Å². The first-order valence-corrected chi connectivity index (χ1v) is 8.98. The second-order valence-corrected chi connectivity index (χ2v) is 7.06. The molecule has 4 heteroatoms. The van der Waals surface area contributed by atoms with E-state index in [2.05, 4.69) is 18.4 Å². The molecule has 0 amide bonds. The summed E-state index contributed by atoms with van der Waals surface area (Å²) in [7, 11) is 0. The third-order valence-corrected chi connectivity index (χ3v) is 5.14.